The summed E-state index contributed by atoms with van der Waals surface area (Å²) in [6.45, 7) is 0.971. The number of carbonyl (C=O) groups excluding carboxylic acids is 1. The Bertz CT molecular complexity index is 1220. The minimum Gasteiger partial charge on any atom is -0.508 e. The topological polar surface area (TPSA) is 58.4 Å². The number of amides is 1. The number of benzene rings is 2. The van der Waals surface area contributed by atoms with Gasteiger partial charge < -0.3 is 10.0 Å². The normalized spacial score (nSPS) is 16.6. The molecule has 170 valence electrons. The summed E-state index contributed by atoms with van der Waals surface area (Å²) in [4.78, 5) is 15.1. The third kappa shape index (κ3) is 4.25. The molecular weight excluding hydrogens is 431 g/mol. The van der Waals surface area contributed by atoms with Gasteiger partial charge in [-0.05, 0) is 60.7 Å². The Balaban J connectivity index is 1.41. The van der Waals surface area contributed by atoms with Crippen LogP contribution in [0.1, 0.15) is 52.4 Å². The first-order chi connectivity index (χ1) is 15.8. The van der Waals surface area contributed by atoms with Gasteiger partial charge in [0, 0.05) is 19.0 Å². The largest absolute Gasteiger partial charge is 0.508 e. The number of hydrogen-bond acceptors (Lipinski definition) is 3. The smallest absolute Gasteiger partial charge is 0.416 e. The third-order valence-corrected chi connectivity index (χ3v) is 6.15. The molecule has 2 aromatic carbocycles. The summed E-state index contributed by atoms with van der Waals surface area (Å²) in [6.07, 6.45) is 1.48. The molecule has 1 aliphatic heterocycles. The first-order valence-electron chi connectivity index (χ1n) is 10.8. The van der Waals surface area contributed by atoms with E-state index in [1.807, 2.05) is 18.2 Å². The number of nitrogens with zero attached hydrogens (tertiary/aromatic N) is 3. The number of aromatic nitrogens is 2. The van der Waals surface area contributed by atoms with Gasteiger partial charge in [-0.2, -0.15) is 18.3 Å². The zero-order chi connectivity index (χ0) is 23.2. The van der Waals surface area contributed by atoms with E-state index in [1.54, 1.807) is 23.1 Å². The van der Waals surface area contributed by atoms with Crippen molar-refractivity contribution in [2.24, 2.45) is 0 Å². The van der Waals surface area contributed by atoms with Crippen LogP contribution >= 0.6 is 0 Å². The second-order valence-corrected chi connectivity index (χ2v) is 8.46. The summed E-state index contributed by atoms with van der Waals surface area (Å²) >= 11 is 0. The highest BCUT2D eigenvalue weighted by Crippen LogP contribution is 2.43. The summed E-state index contributed by atoms with van der Waals surface area (Å²) < 4.78 is 41.1. The molecule has 2 aliphatic rings. The number of hydrogen-bond donors (Lipinski definition) is 1. The monoisotopic (exact) mass is 453 g/mol. The lowest BCUT2D eigenvalue weighted by Gasteiger charge is -2.27. The number of phenolic OH excluding ortho intramolecular Hbond substituents is 1. The van der Waals surface area contributed by atoms with Crippen LogP contribution in [0.5, 0.6) is 5.75 Å². The second-order valence-electron chi connectivity index (χ2n) is 8.46. The molecule has 2 heterocycles. The molecule has 0 bridgehead atoms. The van der Waals surface area contributed by atoms with Gasteiger partial charge in [0.05, 0.1) is 28.7 Å². The van der Waals surface area contributed by atoms with Gasteiger partial charge in [0.2, 0.25) is 0 Å². The summed E-state index contributed by atoms with van der Waals surface area (Å²) in [5.41, 5.74) is 2.83. The van der Waals surface area contributed by atoms with Gasteiger partial charge in [-0.1, -0.05) is 24.3 Å². The zero-order valence-electron chi connectivity index (χ0n) is 17.7. The van der Waals surface area contributed by atoms with Crippen LogP contribution in [0.25, 0.3) is 11.3 Å². The molecule has 5 nitrogen and oxygen atoms in total. The number of carbonyl (C=O) groups is 1. The molecule has 0 radical (unpaired) electrons. The van der Waals surface area contributed by atoms with E-state index in [0.29, 0.717) is 36.5 Å². The Morgan fingerprint density at radius 1 is 1.09 bits per heavy atom. The van der Waals surface area contributed by atoms with Crippen molar-refractivity contribution < 1.29 is 23.1 Å². The van der Waals surface area contributed by atoms with Gasteiger partial charge >= 0.3 is 6.18 Å². The molecule has 0 atom stereocenters. The second kappa shape index (κ2) is 8.10. The first kappa shape index (κ1) is 21.3. The van der Waals surface area contributed by atoms with E-state index in [1.165, 1.54) is 16.9 Å². The first-order valence-corrected chi connectivity index (χ1v) is 10.8. The predicted molar refractivity (Wildman–Crippen MR) is 117 cm³/mol. The zero-order valence-corrected chi connectivity index (χ0v) is 17.7. The summed E-state index contributed by atoms with van der Waals surface area (Å²) in [7, 11) is 0. The number of alkyl halides is 3. The predicted octanol–water partition coefficient (Wildman–Crippen LogP) is 5.40. The number of aromatic hydroxyl groups is 1. The molecule has 1 fully saturated rings. The highest BCUT2D eigenvalue weighted by Gasteiger charge is 2.35. The molecule has 8 heteroatoms. The number of halogens is 3. The fourth-order valence-electron chi connectivity index (χ4n) is 4.25. The van der Waals surface area contributed by atoms with Gasteiger partial charge in [-0.25, -0.2) is 4.68 Å². The van der Waals surface area contributed by atoms with Crippen LogP contribution in [0.2, 0.25) is 0 Å². The SMILES string of the molecule is O=C(c1cnn(-c2cccc(C(F)(F)F)c2)c1C1CC1)N1CC=C(c2ccc(O)cc2)CC1. The molecule has 0 saturated heterocycles. The van der Waals surface area contributed by atoms with Gasteiger partial charge in [0.1, 0.15) is 5.75 Å². The van der Waals surface area contributed by atoms with E-state index < -0.39 is 11.7 Å². The molecule has 0 spiro atoms. The van der Waals surface area contributed by atoms with Crippen molar-refractivity contribution in [3.63, 3.8) is 0 Å². The van der Waals surface area contributed by atoms with Crippen LogP contribution in [0, 0.1) is 0 Å². The van der Waals surface area contributed by atoms with Crippen molar-refractivity contribution in [2.45, 2.75) is 31.4 Å². The van der Waals surface area contributed by atoms with Gasteiger partial charge in [0.15, 0.2) is 0 Å². The van der Waals surface area contributed by atoms with Crippen LogP contribution in [0.4, 0.5) is 13.2 Å². The van der Waals surface area contributed by atoms with Crippen LogP contribution in [0.15, 0.2) is 60.8 Å². The Hall–Kier alpha value is -3.55. The van der Waals surface area contributed by atoms with E-state index >= 15 is 0 Å². The molecule has 1 aliphatic carbocycles. The maximum atomic E-state index is 13.3. The van der Waals surface area contributed by atoms with E-state index in [0.717, 1.165) is 36.1 Å². The maximum absolute atomic E-state index is 13.3. The van der Waals surface area contributed by atoms with Crippen molar-refractivity contribution in [3.8, 4) is 11.4 Å². The summed E-state index contributed by atoms with van der Waals surface area (Å²) in [5, 5.41) is 13.8. The van der Waals surface area contributed by atoms with E-state index in [2.05, 4.69) is 5.10 Å². The minimum atomic E-state index is -4.45. The van der Waals surface area contributed by atoms with Crippen LogP contribution in [0.3, 0.4) is 0 Å². The lowest BCUT2D eigenvalue weighted by molar-refractivity contribution is -0.137. The molecular formula is C25H22F3N3O2. The maximum Gasteiger partial charge on any atom is 0.416 e. The molecule has 33 heavy (non-hydrogen) atoms. The van der Waals surface area contributed by atoms with Crippen LogP contribution < -0.4 is 0 Å². The van der Waals surface area contributed by atoms with E-state index in [9.17, 15) is 23.1 Å². The Morgan fingerprint density at radius 2 is 1.85 bits per heavy atom. The van der Waals surface area contributed by atoms with Crippen molar-refractivity contribution in [1.82, 2.24) is 14.7 Å². The fourth-order valence-corrected chi connectivity index (χ4v) is 4.25. The Kier molecular flexibility index (Phi) is 5.23. The average molecular weight is 453 g/mol. The lowest BCUT2D eigenvalue weighted by Crippen LogP contribution is -2.35. The molecule has 3 aromatic rings. The highest BCUT2D eigenvalue weighted by molar-refractivity contribution is 5.96. The standard InChI is InChI=1S/C25H22F3N3O2/c26-25(27,28)19-2-1-3-20(14-19)31-23(18-4-5-18)22(15-29-31)24(33)30-12-10-17(11-13-30)16-6-8-21(32)9-7-16/h1-3,6-10,14-15,18,32H,4-5,11-13H2. The molecule has 5 rings (SSSR count). The van der Waals surface area contributed by atoms with Crippen molar-refractivity contribution in [2.75, 3.05) is 13.1 Å². The third-order valence-electron chi connectivity index (χ3n) is 6.15. The molecule has 0 unspecified atom stereocenters. The molecule has 1 saturated carbocycles. The van der Waals surface area contributed by atoms with E-state index in [-0.39, 0.29) is 17.6 Å². The quantitative estimate of drug-likeness (QED) is 0.575. The summed E-state index contributed by atoms with van der Waals surface area (Å²) in [5.74, 6) is 0.169. The van der Waals surface area contributed by atoms with Gasteiger partial charge in [0.25, 0.3) is 5.91 Å². The van der Waals surface area contributed by atoms with Crippen molar-refractivity contribution in [3.05, 3.63) is 83.2 Å². The molecule has 1 amide bonds. The van der Waals surface area contributed by atoms with Crippen LogP contribution in [-0.2, 0) is 6.18 Å². The Morgan fingerprint density at radius 3 is 2.48 bits per heavy atom. The minimum absolute atomic E-state index is 0.119. The Labute approximate surface area is 188 Å². The van der Waals surface area contributed by atoms with Crippen molar-refractivity contribution in [1.29, 1.82) is 0 Å². The summed E-state index contributed by atoms with van der Waals surface area (Å²) in [6, 6.07) is 12.0. The molecule has 1 N–H and O–H groups in total. The lowest BCUT2D eigenvalue weighted by atomic mass is 9.99. The van der Waals surface area contributed by atoms with Gasteiger partial charge in [-0.15, -0.1) is 0 Å². The number of rotatable bonds is 4. The highest BCUT2D eigenvalue weighted by atomic mass is 19.4. The molecule has 1 aromatic heterocycles. The fraction of sp³-hybridized carbons (Fsp3) is 0.280. The number of phenols is 1. The van der Waals surface area contributed by atoms with Gasteiger partial charge in [-0.3, -0.25) is 4.79 Å². The van der Waals surface area contributed by atoms with Crippen molar-refractivity contribution >= 4 is 11.5 Å². The van der Waals surface area contributed by atoms with Crippen LogP contribution in [-0.4, -0.2) is 38.8 Å². The van der Waals surface area contributed by atoms with E-state index in [4.69, 9.17) is 0 Å². The average Bonchev–Trinajstić information content (AvgIpc) is 3.56.